The Morgan fingerprint density at radius 1 is 0.938 bits per heavy atom. The Labute approximate surface area is 102 Å². The second kappa shape index (κ2) is 9.69. The topological polar surface area (TPSA) is 0 Å². The summed E-state index contributed by atoms with van der Waals surface area (Å²) in [6, 6.07) is 0. The molecule has 0 aromatic rings. The summed E-state index contributed by atoms with van der Waals surface area (Å²) < 4.78 is 0. The van der Waals surface area contributed by atoms with Crippen molar-refractivity contribution in [2.75, 3.05) is 0 Å². The van der Waals surface area contributed by atoms with E-state index < -0.39 is 0 Å². The van der Waals surface area contributed by atoms with E-state index in [9.17, 15) is 0 Å². The van der Waals surface area contributed by atoms with Gasteiger partial charge in [-0.3, -0.25) is 0 Å². The highest BCUT2D eigenvalue weighted by Crippen LogP contribution is 2.19. The molecule has 0 heteroatoms. The van der Waals surface area contributed by atoms with Crippen molar-refractivity contribution in [3.8, 4) is 0 Å². The van der Waals surface area contributed by atoms with Crippen molar-refractivity contribution < 1.29 is 0 Å². The molecule has 0 aromatic heterocycles. The highest BCUT2D eigenvalue weighted by molar-refractivity contribution is 5.17. The van der Waals surface area contributed by atoms with Gasteiger partial charge in [-0.2, -0.15) is 0 Å². The maximum absolute atomic E-state index is 2.32. The van der Waals surface area contributed by atoms with Crippen LogP contribution in [0.3, 0.4) is 0 Å². The van der Waals surface area contributed by atoms with Gasteiger partial charge in [0.05, 0.1) is 0 Å². The Morgan fingerprint density at radius 3 is 2.25 bits per heavy atom. The maximum atomic E-state index is 2.32. The first-order chi connectivity index (χ1) is 7.93. The lowest BCUT2D eigenvalue weighted by Gasteiger charge is -2.08. The number of unbranched alkanes of at least 4 members (excludes halogenated alkanes) is 7. The fraction of sp³-hybridized carbons (Fsp3) is 0.750. The zero-order chi connectivity index (χ0) is 11.5. The Kier molecular flexibility index (Phi) is 8.20. The van der Waals surface area contributed by atoms with Crippen LogP contribution in [0.1, 0.15) is 77.6 Å². The molecule has 16 heavy (non-hydrogen) atoms. The molecule has 0 saturated heterocycles. The van der Waals surface area contributed by atoms with Crippen LogP contribution < -0.4 is 0 Å². The summed E-state index contributed by atoms with van der Waals surface area (Å²) in [7, 11) is 0. The van der Waals surface area contributed by atoms with Crippen molar-refractivity contribution in [3.05, 3.63) is 23.8 Å². The minimum atomic E-state index is 1.27. The van der Waals surface area contributed by atoms with Crippen molar-refractivity contribution in [2.24, 2.45) is 0 Å². The highest BCUT2D eigenvalue weighted by Gasteiger charge is 1.99. The van der Waals surface area contributed by atoms with Gasteiger partial charge in [-0.05, 0) is 25.7 Å². The van der Waals surface area contributed by atoms with E-state index in [2.05, 4.69) is 25.2 Å². The molecule has 1 rings (SSSR count). The minimum absolute atomic E-state index is 1.27. The molecule has 1 aliphatic rings. The molecule has 0 nitrogen and oxygen atoms in total. The molecule has 0 radical (unpaired) electrons. The van der Waals surface area contributed by atoms with Gasteiger partial charge in [0.25, 0.3) is 0 Å². The Morgan fingerprint density at radius 2 is 1.62 bits per heavy atom. The molecule has 0 aliphatic heterocycles. The third-order valence-electron chi connectivity index (χ3n) is 3.45. The van der Waals surface area contributed by atoms with Gasteiger partial charge >= 0.3 is 0 Å². The third kappa shape index (κ3) is 6.87. The first-order valence-electron chi connectivity index (χ1n) is 7.28. The van der Waals surface area contributed by atoms with Gasteiger partial charge in [0.1, 0.15) is 0 Å². The third-order valence-corrected chi connectivity index (χ3v) is 3.45. The molecule has 0 atom stereocenters. The van der Waals surface area contributed by atoms with Crippen LogP contribution in [0.4, 0.5) is 0 Å². The van der Waals surface area contributed by atoms with Crippen LogP contribution in [-0.4, -0.2) is 0 Å². The summed E-state index contributed by atoms with van der Waals surface area (Å²) >= 11 is 0. The van der Waals surface area contributed by atoms with Gasteiger partial charge < -0.3 is 0 Å². The van der Waals surface area contributed by atoms with Crippen LogP contribution in [-0.2, 0) is 0 Å². The molecule has 0 aromatic carbocycles. The molecule has 0 unspecified atom stereocenters. The monoisotopic (exact) mass is 220 g/mol. The lowest BCUT2D eigenvalue weighted by molar-refractivity contribution is 0.572. The van der Waals surface area contributed by atoms with Crippen LogP contribution in [0.25, 0.3) is 0 Å². The second-order valence-corrected chi connectivity index (χ2v) is 5.02. The second-order valence-electron chi connectivity index (χ2n) is 5.02. The van der Waals surface area contributed by atoms with Crippen LogP contribution >= 0.6 is 0 Å². The van der Waals surface area contributed by atoms with Gasteiger partial charge in [0.2, 0.25) is 0 Å². The summed E-state index contributed by atoms with van der Waals surface area (Å²) in [5.74, 6) is 0. The van der Waals surface area contributed by atoms with Crippen molar-refractivity contribution in [2.45, 2.75) is 77.6 Å². The molecule has 0 N–H and O–H groups in total. The molecule has 92 valence electrons. The molecule has 0 saturated carbocycles. The van der Waals surface area contributed by atoms with E-state index >= 15 is 0 Å². The summed E-state index contributed by atoms with van der Waals surface area (Å²) in [5, 5.41) is 0. The molecule has 0 fully saturated rings. The predicted octanol–water partition coefficient (Wildman–Crippen LogP) is 5.79. The van der Waals surface area contributed by atoms with Crippen molar-refractivity contribution >= 4 is 0 Å². The standard InChI is InChI=1S/C16H28/c1-2-3-4-5-6-7-8-10-13-16-14-11-9-12-15-16/h9,11,14H,2-8,10,12-13,15H2,1H3. The first-order valence-corrected chi connectivity index (χ1v) is 7.28. The molecule has 0 bridgehead atoms. The first kappa shape index (κ1) is 13.5. The van der Waals surface area contributed by atoms with Crippen molar-refractivity contribution in [3.63, 3.8) is 0 Å². The van der Waals surface area contributed by atoms with Gasteiger partial charge in [0, 0.05) is 0 Å². The van der Waals surface area contributed by atoms with Gasteiger partial charge in [-0.15, -0.1) is 0 Å². The minimum Gasteiger partial charge on any atom is -0.0842 e. The summed E-state index contributed by atoms with van der Waals surface area (Å²) in [4.78, 5) is 0. The average Bonchev–Trinajstić information content (AvgIpc) is 2.34. The van der Waals surface area contributed by atoms with E-state index in [1.165, 1.54) is 70.6 Å². The van der Waals surface area contributed by atoms with E-state index in [0.29, 0.717) is 0 Å². The number of hydrogen-bond donors (Lipinski definition) is 0. The summed E-state index contributed by atoms with van der Waals surface area (Å²) in [6.45, 7) is 2.28. The highest BCUT2D eigenvalue weighted by atomic mass is 14.0. The van der Waals surface area contributed by atoms with Crippen LogP contribution in [0.2, 0.25) is 0 Å². The molecule has 1 aliphatic carbocycles. The van der Waals surface area contributed by atoms with Crippen molar-refractivity contribution in [1.29, 1.82) is 0 Å². The van der Waals surface area contributed by atoms with E-state index in [1.54, 1.807) is 5.57 Å². The Hall–Kier alpha value is -0.520. The fourth-order valence-electron chi connectivity index (χ4n) is 2.35. The van der Waals surface area contributed by atoms with Crippen LogP contribution in [0.15, 0.2) is 23.8 Å². The Balaban J connectivity index is 1.84. The lowest BCUT2D eigenvalue weighted by atomic mass is 9.98. The quantitative estimate of drug-likeness (QED) is 0.431. The van der Waals surface area contributed by atoms with E-state index in [1.807, 2.05) is 0 Å². The molecular formula is C16H28. The number of hydrogen-bond acceptors (Lipinski definition) is 0. The van der Waals surface area contributed by atoms with Crippen molar-refractivity contribution in [1.82, 2.24) is 0 Å². The van der Waals surface area contributed by atoms with Crippen LogP contribution in [0, 0.1) is 0 Å². The molecule has 0 heterocycles. The summed E-state index contributed by atoms with van der Waals surface area (Å²) in [6.07, 6.45) is 22.2. The normalized spacial score (nSPS) is 15.2. The zero-order valence-electron chi connectivity index (χ0n) is 11.0. The number of allylic oxidation sites excluding steroid dienone is 4. The molecule has 0 amide bonds. The average molecular weight is 220 g/mol. The molecular weight excluding hydrogens is 192 g/mol. The number of rotatable bonds is 9. The van der Waals surface area contributed by atoms with E-state index in [-0.39, 0.29) is 0 Å². The Bertz CT molecular complexity index is 210. The smallest absolute Gasteiger partial charge is 0.0282 e. The lowest BCUT2D eigenvalue weighted by Crippen LogP contribution is -1.88. The predicted molar refractivity (Wildman–Crippen MR) is 73.7 cm³/mol. The van der Waals surface area contributed by atoms with Crippen LogP contribution in [0.5, 0.6) is 0 Å². The van der Waals surface area contributed by atoms with Gasteiger partial charge in [-0.25, -0.2) is 0 Å². The van der Waals surface area contributed by atoms with Gasteiger partial charge in [-0.1, -0.05) is 75.7 Å². The zero-order valence-corrected chi connectivity index (χ0v) is 11.0. The van der Waals surface area contributed by atoms with Gasteiger partial charge in [0.15, 0.2) is 0 Å². The van der Waals surface area contributed by atoms with E-state index in [4.69, 9.17) is 0 Å². The van der Waals surface area contributed by atoms with E-state index in [0.717, 1.165) is 0 Å². The molecule has 0 spiro atoms. The summed E-state index contributed by atoms with van der Waals surface area (Å²) in [5.41, 5.74) is 1.67. The largest absolute Gasteiger partial charge is 0.0842 e. The maximum Gasteiger partial charge on any atom is -0.0282 e. The fourth-order valence-corrected chi connectivity index (χ4v) is 2.35. The SMILES string of the molecule is CCCCCCCCCCC1=CC=CCC1.